The van der Waals surface area contributed by atoms with E-state index in [1.807, 2.05) is 0 Å². The van der Waals surface area contributed by atoms with Gasteiger partial charge in [-0.15, -0.1) is 0 Å². The maximum atomic E-state index is 11.2. The molecule has 0 aromatic rings. The van der Waals surface area contributed by atoms with Crippen LogP contribution in [0.15, 0.2) is 0 Å². The van der Waals surface area contributed by atoms with Crippen LogP contribution in [0.5, 0.6) is 0 Å². The van der Waals surface area contributed by atoms with Gasteiger partial charge in [-0.3, -0.25) is 4.79 Å². The molecule has 0 unspecified atom stereocenters. The summed E-state index contributed by atoms with van der Waals surface area (Å²) >= 11 is 0. The normalized spacial score (nSPS) is 11.8. The van der Waals surface area contributed by atoms with E-state index < -0.39 is 25.4 Å². The third kappa shape index (κ3) is 3.30. The summed E-state index contributed by atoms with van der Waals surface area (Å²) < 4.78 is 0. The Balaban J connectivity index is 4.33. The first-order chi connectivity index (χ1) is 6.01. The Kier molecular flexibility index (Phi) is 4.90. The number of amides is 1. The van der Waals surface area contributed by atoms with Crippen LogP contribution in [0.4, 0.5) is 0 Å². The molecule has 0 aromatic heterocycles. The molecule has 0 aliphatic rings. The highest BCUT2D eigenvalue weighted by atomic mass is 16.3. The first-order valence-corrected chi connectivity index (χ1v) is 4.16. The SMILES string of the molecule is CC(C)C(=O)NC(CO)(CO)CO. The molecular weight excluding hydrogens is 174 g/mol. The Bertz CT molecular complexity index is 157. The molecule has 0 heterocycles. The van der Waals surface area contributed by atoms with Gasteiger partial charge in [-0.2, -0.15) is 0 Å². The average molecular weight is 191 g/mol. The van der Waals surface area contributed by atoms with Crippen LogP contribution < -0.4 is 5.32 Å². The summed E-state index contributed by atoms with van der Waals surface area (Å²) in [6.45, 7) is 1.91. The summed E-state index contributed by atoms with van der Waals surface area (Å²) in [7, 11) is 0. The van der Waals surface area contributed by atoms with Crippen molar-refractivity contribution in [3.8, 4) is 0 Å². The lowest BCUT2D eigenvalue weighted by atomic mass is 10.0. The molecule has 78 valence electrons. The quantitative estimate of drug-likeness (QED) is 0.424. The van der Waals surface area contributed by atoms with Crippen LogP contribution in [-0.2, 0) is 4.79 Å². The zero-order valence-corrected chi connectivity index (χ0v) is 7.95. The van der Waals surface area contributed by atoms with Crippen molar-refractivity contribution in [1.29, 1.82) is 0 Å². The number of carbonyl (C=O) groups is 1. The minimum Gasteiger partial charge on any atom is -0.394 e. The van der Waals surface area contributed by atoms with Gasteiger partial charge in [0, 0.05) is 5.92 Å². The van der Waals surface area contributed by atoms with Crippen LogP contribution in [-0.4, -0.2) is 46.6 Å². The zero-order chi connectivity index (χ0) is 10.5. The topological polar surface area (TPSA) is 89.8 Å². The van der Waals surface area contributed by atoms with Gasteiger partial charge in [0.15, 0.2) is 0 Å². The van der Waals surface area contributed by atoms with Crippen molar-refractivity contribution in [3.63, 3.8) is 0 Å². The summed E-state index contributed by atoms with van der Waals surface area (Å²) in [5, 5.41) is 29.0. The molecule has 0 fully saturated rings. The average Bonchev–Trinajstić information content (AvgIpc) is 2.14. The highest BCUT2D eigenvalue weighted by Crippen LogP contribution is 2.03. The maximum Gasteiger partial charge on any atom is 0.223 e. The Hall–Kier alpha value is -0.650. The molecular formula is C8H17NO4. The second-order valence-electron chi connectivity index (χ2n) is 3.40. The largest absolute Gasteiger partial charge is 0.394 e. The van der Waals surface area contributed by atoms with E-state index in [-0.39, 0.29) is 11.8 Å². The van der Waals surface area contributed by atoms with Gasteiger partial charge >= 0.3 is 0 Å². The van der Waals surface area contributed by atoms with Gasteiger partial charge in [-0.25, -0.2) is 0 Å². The van der Waals surface area contributed by atoms with Crippen molar-refractivity contribution in [1.82, 2.24) is 5.32 Å². The molecule has 0 aliphatic carbocycles. The predicted octanol–water partition coefficient (Wildman–Crippen LogP) is -1.53. The Morgan fingerprint density at radius 2 is 1.62 bits per heavy atom. The summed E-state index contributed by atoms with van der Waals surface area (Å²) in [6, 6.07) is 0. The summed E-state index contributed by atoms with van der Waals surface area (Å²) in [6.07, 6.45) is 0. The Morgan fingerprint density at radius 1 is 1.23 bits per heavy atom. The lowest BCUT2D eigenvalue weighted by molar-refractivity contribution is -0.128. The first kappa shape index (κ1) is 12.3. The van der Waals surface area contributed by atoms with E-state index in [4.69, 9.17) is 15.3 Å². The van der Waals surface area contributed by atoms with E-state index in [1.165, 1.54) is 0 Å². The third-order valence-electron chi connectivity index (χ3n) is 1.82. The molecule has 0 spiro atoms. The number of hydrogen-bond donors (Lipinski definition) is 4. The number of aliphatic hydroxyl groups is 3. The lowest BCUT2D eigenvalue weighted by Crippen LogP contribution is -2.57. The van der Waals surface area contributed by atoms with Crippen LogP contribution in [0.25, 0.3) is 0 Å². The van der Waals surface area contributed by atoms with Gasteiger partial charge in [0.1, 0.15) is 5.54 Å². The lowest BCUT2D eigenvalue weighted by Gasteiger charge is -2.29. The van der Waals surface area contributed by atoms with Crippen molar-refractivity contribution in [3.05, 3.63) is 0 Å². The number of rotatable bonds is 5. The second-order valence-corrected chi connectivity index (χ2v) is 3.40. The van der Waals surface area contributed by atoms with E-state index in [1.54, 1.807) is 13.8 Å². The molecule has 5 heteroatoms. The molecule has 13 heavy (non-hydrogen) atoms. The second kappa shape index (κ2) is 5.16. The first-order valence-electron chi connectivity index (χ1n) is 4.16. The molecule has 0 aromatic carbocycles. The van der Waals surface area contributed by atoms with Crippen LogP contribution in [0.2, 0.25) is 0 Å². The van der Waals surface area contributed by atoms with Crippen molar-refractivity contribution in [2.24, 2.45) is 5.92 Å². The highest BCUT2D eigenvalue weighted by molar-refractivity contribution is 5.78. The number of hydrogen-bond acceptors (Lipinski definition) is 4. The van der Waals surface area contributed by atoms with Gasteiger partial charge in [-0.05, 0) is 0 Å². The maximum absolute atomic E-state index is 11.2. The molecule has 0 saturated heterocycles. The fraction of sp³-hybridized carbons (Fsp3) is 0.875. The van der Waals surface area contributed by atoms with E-state index >= 15 is 0 Å². The Morgan fingerprint density at radius 3 is 1.85 bits per heavy atom. The Labute approximate surface area is 77.4 Å². The van der Waals surface area contributed by atoms with Crippen LogP contribution in [0.1, 0.15) is 13.8 Å². The van der Waals surface area contributed by atoms with Gasteiger partial charge < -0.3 is 20.6 Å². The minimum atomic E-state index is -1.30. The van der Waals surface area contributed by atoms with E-state index in [0.29, 0.717) is 0 Å². The molecule has 4 N–H and O–H groups in total. The van der Waals surface area contributed by atoms with Gasteiger partial charge in [0.2, 0.25) is 5.91 Å². The van der Waals surface area contributed by atoms with Gasteiger partial charge in [-0.1, -0.05) is 13.8 Å². The smallest absolute Gasteiger partial charge is 0.223 e. The highest BCUT2D eigenvalue weighted by Gasteiger charge is 2.30. The molecule has 0 saturated carbocycles. The molecule has 0 radical (unpaired) electrons. The number of nitrogens with one attached hydrogen (secondary N) is 1. The predicted molar refractivity (Wildman–Crippen MR) is 47.0 cm³/mol. The van der Waals surface area contributed by atoms with Crippen molar-refractivity contribution in [2.75, 3.05) is 19.8 Å². The molecule has 5 nitrogen and oxygen atoms in total. The van der Waals surface area contributed by atoms with Gasteiger partial charge in [0.05, 0.1) is 19.8 Å². The summed E-state index contributed by atoms with van der Waals surface area (Å²) in [4.78, 5) is 11.2. The standard InChI is InChI=1S/C8H17NO4/c1-6(2)7(13)9-8(3-10,4-11)5-12/h6,10-12H,3-5H2,1-2H3,(H,9,13). The van der Waals surface area contributed by atoms with Crippen molar-refractivity contribution >= 4 is 5.91 Å². The van der Waals surface area contributed by atoms with E-state index in [9.17, 15) is 4.79 Å². The van der Waals surface area contributed by atoms with Gasteiger partial charge in [0.25, 0.3) is 0 Å². The zero-order valence-electron chi connectivity index (χ0n) is 7.95. The fourth-order valence-corrected chi connectivity index (χ4v) is 0.674. The van der Waals surface area contributed by atoms with Crippen LogP contribution in [0, 0.1) is 5.92 Å². The summed E-state index contributed by atoms with van der Waals surface area (Å²) in [5.41, 5.74) is -1.30. The summed E-state index contributed by atoms with van der Waals surface area (Å²) in [5.74, 6) is -0.554. The van der Waals surface area contributed by atoms with E-state index in [2.05, 4.69) is 5.32 Å². The monoisotopic (exact) mass is 191 g/mol. The van der Waals surface area contributed by atoms with Crippen molar-refractivity contribution in [2.45, 2.75) is 19.4 Å². The molecule has 0 atom stereocenters. The number of carbonyl (C=O) groups excluding carboxylic acids is 1. The molecule has 0 aliphatic heterocycles. The van der Waals surface area contributed by atoms with Crippen LogP contribution in [0.3, 0.4) is 0 Å². The van der Waals surface area contributed by atoms with E-state index in [0.717, 1.165) is 0 Å². The third-order valence-corrected chi connectivity index (χ3v) is 1.82. The molecule has 1 amide bonds. The minimum absolute atomic E-state index is 0.246. The number of aliphatic hydroxyl groups excluding tert-OH is 3. The van der Waals surface area contributed by atoms with Crippen LogP contribution >= 0.6 is 0 Å². The molecule has 0 rings (SSSR count). The molecule has 0 bridgehead atoms. The fourth-order valence-electron chi connectivity index (χ4n) is 0.674. The van der Waals surface area contributed by atoms with Crippen molar-refractivity contribution < 1.29 is 20.1 Å².